The number of hydrogen-bond acceptors (Lipinski definition) is 4. The zero-order valence-corrected chi connectivity index (χ0v) is 13.8. The molecular formula is C16H21FN2O2S. The Bertz CT molecular complexity index is 657. The van der Waals surface area contributed by atoms with E-state index in [0.29, 0.717) is 22.4 Å². The Kier molecular flexibility index (Phi) is 5.88. The molecule has 0 aliphatic rings. The average Bonchev–Trinajstić information content (AvgIpc) is 2.86. The summed E-state index contributed by atoms with van der Waals surface area (Å²) < 4.78 is 20.0. The van der Waals surface area contributed by atoms with Crippen LogP contribution in [0.4, 0.5) is 4.39 Å². The standard InChI is InChI=1S/C16H21FN2O2S/c1-4-18-10(2)8-19-16(20)15-11(9-21-3)14-12(17)6-5-7-13(14)22-15/h5-7,10,18H,4,8-9H2,1-3H3,(H,19,20)/t10-/m1/s1. The molecule has 0 unspecified atom stereocenters. The Balaban J connectivity index is 2.28. The Morgan fingerprint density at radius 2 is 2.23 bits per heavy atom. The van der Waals surface area contributed by atoms with Crippen LogP contribution < -0.4 is 10.6 Å². The van der Waals surface area contributed by atoms with Crippen molar-refractivity contribution in [2.75, 3.05) is 20.2 Å². The van der Waals surface area contributed by atoms with Gasteiger partial charge in [-0.05, 0) is 25.6 Å². The van der Waals surface area contributed by atoms with E-state index < -0.39 is 0 Å². The van der Waals surface area contributed by atoms with E-state index in [0.717, 1.165) is 11.2 Å². The highest BCUT2D eigenvalue weighted by molar-refractivity contribution is 7.21. The van der Waals surface area contributed by atoms with E-state index in [1.54, 1.807) is 13.2 Å². The molecule has 0 fully saturated rings. The lowest BCUT2D eigenvalue weighted by Crippen LogP contribution is -2.38. The van der Waals surface area contributed by atoms with Crippen molar-refractivity contribution in [3.05, 3.63) is 34.5 Å². The summed E-state index contributed by atoms with van der Waals surface area (Å²) in [5.74, 6) is -0.502. The van der Waals surface area contributed by atoms with Gasteiger partial charge in [0.25, 0.3) is 5.91 Å². The molecular weight excluding hydrogens is 303 g/mol. The summed E-state index contributed by atoms with van der Waals surface area (Å²) in [6.07, 6.45) is 0. The number of rotatable bonds is 7. The van der Waals surface area contributed by atoms with Gasteiger partial charge in [0, 0.05) is 35.3 Å². The highest BCUT2D eigenvalue weighted by Gasteiger charge is 2.20. The first-order valence-electron chi connectivity index (χ1n) is 7.28. The second kappa shape index (κ2) is 7.67. The zero-order chi connectivity index (χ0) is 16.1. The predicted molar refractivity (Wildman–Crippen MR) is 88.0 cm³/mol. The largest absolute Gasteiger partial charge is 0.380 e. The van der Waals surface area contributed by atoms with Gasteiger partial charge in [0.05, 0.1) is 11.5 Å². The van der Waals surface area contributed by atoms with Gasteiger partial charge in [0.15, 0.2) is 0 Å². The number of amides is 1. The van der Waals surface area contributed by atoms with Crippen molar-refractivity contribution < 1.29 is 13.9 Å². The number of likely N-dealkylation sites (N-methyl/N-ethyl adjacent to an activating group) is 1. The van der Waals surface area contributed by atoms with Crippen LogP contribution in [0.15, 0.2) is 18.2 Å². The number of nitrogens with one attached hydrogen (secondary N) is 2. The van der Waals surface area contributed by atoms with Gasteiger partial charge in [0.2, 0.25) is 0 Å². The van der Waals surface area contributed by atoms with Gasteiger partial charge in [-0.15, -0.1) is 11.3 Å². The van der Waals surface area contributed by atoms with Gasteiger partial charge in [-0.2, -0.15) is 0 Å². The maximum atomic E-state index is 14.1. The molecule has 0 spiro atoms. The van der Waals surface area contributed by atoms with Crippen LogP contribution >= 0.6 is 11.3 Å². The Morgan fingerprint density at radius 1 is 1.45 bits per heavy atom. The number of ether oxygens (including phenoxy) is 1. The number of carbonyl (C=O) groups is 1. The first-order chi connectivity index (χ1) is 10.6. The molecule has 1 aromatic heterocycles. The highest BCUT2D eigenvalue weighted by Crippen LogP contribution is 2.33. The van der Waals surface area contributed by atoms with Gasteiger partial charge >= 0.3 is 0 Å². The third kappa shape index (κ3) is 3.63. The zero-order valence-electron chi connectivity index (χ0n) is 13.0. The van der Waals surface area contributed by atoms with Crippen molar-refractivity contribution >= 4 is 27.3 Å². The number of methoxy groups -OCH3 is 1. The number of benzene rings is 1. The van der Waals surface area contributed by atoms with E-state index in [4.69, 9.17) is 4.74 Å². The number of carbonyl (C=O) groups excluding carboxylic acids is 1. The predicted octanol–water partition coefficient (Wildman–Crippen LogP) is 2.91. The Hall–Kier alpha value is -1.50. The minimum atomic E-state index is -0.319. The fourth-order valence-electron chi connectivity index (χ4n) is 2.38. The molecule has 1 aromatic carbocycles. The minimum absolute atomic E-state index is 0.183. The van der Waals surface area contributed by atoms with Gasteiger partial charge in [-0.1, -0.05) is 13.0 Å². The van der Waals surface area contributed by atoms with Crippen LogP contribution in [0, 0.1) is 5.82 Å². The molecule has 1 atom stereocenters. The van der Waals surface area contributed by atoms with E-state index >= 15 is 0 Å². The van der Waals surface area contributed by atoms with Crippen LogP contribution in [0.3, 0.4) is 0 Å². The van der Waals surface area contributed by atoms with Crippen molar-refractivity contribution in [3.63, 3.8) is 0 Å². The summed E-state index contributed by atoms with van der Waals surface area (Å²) in [5.41, 5.74) is 0.620. The van der Waals surface area contributed by atoms with Crippen molar-refractivity contribution in [1.29, 1.82) is 0 Å². The Morgan fingerprint density at radius 3 is 2.91 bits per heavy atom. The van der Waals surface area contributed by atoms with Gasteiger partial charge < -0.3 is 15.4 Å². The van der Waals surface area contributed by atoms with E-state index in [2.05, 4.69) is 10.6 Å². The van der Waals surface area contributed by atoms with Crippen LogP contribution in [-0.4, -0.2) is 32.1 Å². The molecule has 120 valence electrons. The molecule has 0 aliphatic carbocycles. The maximum absolute atomic E-state index is 14.1. The monoisotopic (exact) mass is 324 g/mol. The quantitative estimate of drug-likeness (QED) is 0.823. The van der Waals surface area contributed by atoms with Crippen molar-refractivity contribution in [2.45, 2.75) is 26.5 Å². The summed E-state index contributed by atoms with van der Waals surface area (Å²) in [5, 5.41) is 6.61. The van der Waals surface area contributed by atoms with E-state index in [9.17, 15) is 9.18 Å². The van der Waals surface area contributed by atoms with Crippen LogP contribution in [0.25, 0.3) is 10.1 Å². The molecule has 0 saturated carbocycles. The number of thiophene rings is 1. The van der Waals surface area contributed by atoms with Gasteiger partial charge in [-0.25, -0.2) is 4.39 Å². The normalized spacial score (nSPS) is 12.5. The fraction of sp³-hybridized carbons (Fsp3) is 0.438. The molecule has 2 aromatic rings. The number of hydrogen-bond donors (Lipinski definition) is 2. The van der Waals surface area contributed by atoms with E-state index in [-0.39, 0.29) is 24.4 Å². The number of halogens is 1. The van der Waals surface area contributed by atoms with E-state index in [1.807, 2.05) is 19.9 Å². The second-order valence-corrected chi connectivity index (χ2v) is 6.18. The first-order valence-corrected chi connectivity index (χ1v) is 8.10. The lowest BCUT2D eigenvalue weighted by molar-refractivity contribution is 0.0950. The average molecular weight is 324 g/mol. The summed E-state index contributed by atoms with van der Waals surface area (Å²) >= 11 is 1.30. The third-order valence-corrected chi connectivity index (χ3v) is 4.58. The van der Waals surface area contributed by atoms with Crippen molar-refractivity contribution in [1.82, 2.24) is 10.6 Å². The summed E-state index contributed by atoms with van der Waals surface area (Å²) in [6.45, 7) is 5.61. The lowest BCUT2D eigenvalue weighted by Gasteiger charge is -2.13. The molecule has 0 aliphatic heterocycles. The number of fused-ring (bicyclic) bond motifs is 1. The van der Waals surface area contributed by atoms with Gasteiger partial charge in [-0.3, -0.25) is 4.79 Å². The molecule has 2 rings (SSSR count). The highest BCUT2D eigenvalue weighted by atomic mass is 32.1. The minimum Gasteiger partial charge on any atom is -0.380 e. The fourth-order valence-corrected chi connectivity index (χ4v) is 3.52. The molecule has 1 amide bonds. The molecule has 4 nitrogen and oxygen atoms in total. The summed E-state index contributed by atoms with van der Waals surface area (Å²) in [7, 11) is 1.54. The lowest BCUT2D eigenvalue weighted by atomic mass is 10.1. The third-order valence-electron chi connectivity index (χ3n) is 3.38. The molecule has 0 saturated heterocycles. The molecule has 1 heterocycles. The SMILES string of the molecule is CCN[C@H](C)CNC(=O)c1sc2cccc(F)c2c1COC. The first kappa shape index (κ1) is 16.9. The van der Waals surface area contributed by atoms with Crippen molar-refractivity contribution in [2.24, 2.45) is 0 Å². The van der Waals surface area contributed by atoms with Crippen molar-refractivity contribution in [3.8, 4) is 0 Å². The molecule has 6 heteroatoms. The second-order valence-electron chi connectivity index (χ2n) is 5.12. The smallest absolute Gasteiger partial charge is 0.261 e. The van der Waals surface area contributed by atoms with Crippen LogP contribution in [0.2, 0.25) is 0 Å². The van der Waals surface area contributed by atoms with Gasteiger partial charge in [0.1, 0.15) is 5.82 Å². The van der Waals surface area contributed by atoms with Crippen LogP contribution in [0.1, 0.15) is 29.1 Å². The maximum Gasteiger partial charge on any atom is 0.261 e. The summed E-state index contributed by atoms with van der Waals surface area (Å²) in [6, 6.07) is 5.06. The van der Waals surface area contributed by atoms with E-state index in [1.165, 1.54) is 17.4 Å². The van der Waals surface area contributed by atoms with Crippen LogP contribution in [0.5, 0.6) is 0 Å². The Labute approximate surface area is 133 Å². The topological polar surface area (TPSA) is 50.4 Å². The molecule has 2 N–H and O–H groups in total. The molecule has 0 radical (unpaired) electrons. The van der Waals surface area contributed by atoms with Crippen LogP contribution in [-0.2, 0) is 11.3 Å². The molecule has 22 heavy (non-hydrogen) atoms. The molecule has 0 bridgehead atoms. The summed E-state index contributed by atoms with van der Waals surface area (Å²) in [4.78, 5) is 12.9.